The van der Waals surface area contributed by atoms with Gasteiger partial charge in [-0.3, -0.25) is 9.59 Å². The molecule has 2 aliphatic heterocycles. The highest BCUT2D eigenvalue weighted by atomic mass is 32.2. The van der Waals surface area contributed by atoms with Crippen LogP contribution in [-0.2, 0) is 16.2 Å². The van der Waals surface area contributed by atoms with Crippen molar-refractivity contribution in [1.29, 1.82) is 0 Å². The van der Waals surface area contributed by atoms with Crippen molar-refractivity contribution in [2.24, 2.45) is 0 Å². The molecule has 1 spiro atoms. The van der Waals surface area contributed by atoms with Crippen molar-refractivity contribution in [1.82, 2.24) is 4.90 Å². The summed E-state index contributed by atoms with van der Waals surface area (Å²) in [6.07, 6.45) is 0. The first-order chi connectivity index (χ1) is 16.0. The minimum absolute atomic E-state index is 0.0734. The molecule has 3 aromatic rings. The number of thioether (sulfide) groups is 1. The summed E-state index contributed by atoms with van der Waals surface area (Å²) >= 11 is 1.53. The fourth-order valence-electron chi connectivity index (χ4n) is 4.71. The quantitative estimate of drug-likeness (QED) is 0.558. The number of aryl methyl sites for hydroxylation is 2. The van der Waals surface area contributed by atoms with Gasteiger partial charge in [-0.2, -0.15) is 0 Å². The number of carbonyl (C=O) groups is 2. The Kier molecular flexibility index (Phi) is 5.41. The van der Waals surface area contributed by atoms with Crippen LogP contribution in [0.1, 0.15) is 32.6 Å². The van der Waals surface area contributed by atoms with Gasteiger partial charge in [0.05, 0.1) is 19.3 Å². The van der Waals surface area contributed by atoms with Gasteiger partial charge >= 0.3 is 0 Å². The number of anilines is 1. The summed E-state index contributed by atoms with van der Waals surface area (Å²) < 4.78 is 5.50. The van der Waals surface area contributed by atoms with Gasteiger partial charge in [-0.15, -0.1) is 11.8 Å². The molecule has 6 heteroatoms. The van der Waals surface area contributed by atoms with Crippen LogP contribution >= 0.6 is 11.8 Å². The second-order valence-electron chi connectivity index (χ2n) is 8.52. The number of rotatable bonds is 4. The maximum absolute atomic E-state index is 14.2. The average Bonchev–Trinajstić information content (AvgIpc) is 3.37. The molecule has 1 saturated heterocycles. The largest absolute Gasteiger partial charge is 0.497 e. The van der Waals surface area contributed by atoms with Gasteiger partial charge in [0.15, 0.2) is 4.87 Å². The Balaban J connectivity index is 1.62. The van der Waals surface area contributed by atoms with E-state index in [1.807, 2.05) is 61.2 Å². The van der Waals surface area contributed by atoms with Crippen molar-refractivity contribution in [2.75, 3.05) is 24.3 Å². The molecule has 0 aliphatic carbocycles. The number of carbonyl (C=O) groups excluding carboxylic acids is 2. The highest BCUT2D eigenvalue weighted by Crippen LogP contribution is 2.55. The molecule has 0 saturated carbocycles. The SMILES string of the molecule is COc1ccc2c(c1)[C@@]1(SCCN1C(=O)c1ccccc1C)C(=O)N2Cc1ccc(C)cc1. The molecule has 0 N–H and O–H groups in total. The van der Waals surface area contributed by atoms with Gasteiger partial charge in [0, 0.05) is 23.4 Å². The fourth-order valence-corrected chi connectivity index (χ4v) is 6.16. The first kappa shape index (κ1) is 21.6. The molecule has 1 fully saturated rings. The first-order valence-corrected chi connectivity index (χ1v) is 12.0. The summed E-state index contributed by atoms with van der Waals surface area (Å²) in [4.78, 5) is 30.4. The van der Waals surface area contributed by atoms with E-state index in [2.05, 4.69) is 24.3 Å². The molecule has 0 radical (unpaired) electrons. The zero-order chi connectivity index (χ0) is 23.2. The van der Waals surface area contributed by atoms with Gasteiger partial charge < -0.3 is 14.5 Å². The number of nitrogens with zero attached hydrogens (tertiary/aromatic N) is 2. The zero-order valence-electron chi connectivity index (χ0n) is 19.0. The predicted octanol–water partition coefficient (Wildman–Crippen LogP) is 4.90. The monoisotopic (exact) mass is 458 g/mol. The molecule has 2 heterocycles. The molecule has 0 unspecified atom stereocenters. The van der Waals surface area contributed by atoms with Crippen molar-refractivity contribution < 1.29 is 14.3 Å². The fraction of sp³-hybridized carbons (Fsp3) is 0.259. The second kappa shape index (κ2) is 8.27. The van der Waals surface area contributed by atoms with Crippen LogP contribution in [0.3, 0.4) is 0 Å². The highest BCUT2D eigenvalue weighted by Gasteiger charge is 2.59. The summed E-state index contributed by atoms with van der Waals surface area (Å²) in [5, 5.41) is 0. The van der Waals surface area contributed by atoms with Crippen LogP contribution in [0.2, 0.25) is 0 Å². The van der Waals surface area contributed by atoms with Crippen molar-refractivity contribution in [3.8, 4) is 5.75 Å². The van der Waals surface area contributed by atoms with Gasteiger partial charge in [0.1, 0.15) is 5.75 Å². The summed E-state index contributed by atoms with van der Waals surface area (Å²) in [5.41, 5.74) is 5.42. The highest BCUT2D eigenvalue weighted by molar-refractivity contribution is 8.01. The van der Waals surface area contributed by atoms with Gasteiger partial charge in [0.2, 0.25) is 0 Å². The maximum atomic E-state index is 14.2. The molecular formula is C27H26N2O3S. The number of ether oxygens (including phenoxy) is 1. The minimum atomic E-state index is -1.09. The standard InChI is InChI=1S/C27H26N2O3S/c1-18-8-10-20(11-9-18)17-28-24-13-12-21(32-3)16-23(24)27(26(28)31)29(14-15-33-27)25(30)22-7-5-4-6-19(22)2/h4-13,16H,14-15,17H2,1-3H3/t27-/m1/s1. The Hall–Kier alpha value is -3.25. The molecule has 5 nitrogen and oxygen atoms in total. The van der Waals surface area contributed by atoms with Gasteiger partial charge in [-0.05, 0) is 49.2 Å². The molecular weight excluding hydrogens is 432 g/mol. The molecule has 0 bridgehead atoms. The van der Waals surface area contributed by atoms with Crippen molar-refractivity contribution >= 4 is 29.3 Å². The number of methoxy groups -OCH3 is 1. The van der Waals surface area contributed by atoms with E-state index < -0.39 is 4.87 Å². The molecule has 5 rings (SSSR count). The summed E-state index contributed by atoms with van der Waals surface area (Å²) in [6, 6.07) is 21.5. The molecule has 2 aliphatic rings. The first-order valence-electron chi connectivity index (χ1n) is 11.0. The van der Waals surface area contributed by atoms with Gasteiger partial charge in [-0.25, -0.2) is 0 Å². The number of hydrogen-bond donors (Lipinski definition) is 0. The van der Waals surface area contributed by atoms with E-state index in [0.29, 0.717) is 30.2 Å². The topological polar surface area (TPSA) is 49.9 Å². The Morgan fingerprint density at radius 1 is 1.06 bits per heavy atom. The Morgan fingerprint density at radius 3 is 2.55 bits per heavy atom. The van der Waals surface area contributed by atoms with Crippen LogP contribution in [0.15, 0.2) is 66.7 Å². The maximum Gasteiger partial charge on any atom is 0.268 e. The lowest BCUT2D eigenvalue weighted by Crippen LogP contribution is -2.50. The van der Waals surface area contributed by atoms with E-state index in [4.69, 9.17) is 4.74 Å². The lowest BCUT2D eigenvalue weighted by molar-refractivity contribution is -0.123. The second-order valence-corrected chi connectivity index (χ2v) is 9.81. The summed E-state index contributed by atoms with van der Waals surface area (Å²) in [6.45, 7) is 4.94. The van der Waals surface area contributed by atoms with Gasteiger partial charge in [-0.1, -0.05) is 48.0 Å². The van der Waals surface area contributed by atoms with Crippen molar-refractivity contribution in [3.63, 3.8) is 0 Å². The molecule has 168 valence electrons. The lowest BCUT2D eigenvalue weighted by Gasteiger charge is -2.33. The minimum Gasteiger partial charge on any atom is -0.497 e. The number of hydrogen-bond acceptors (Lipinski definition) is 4. The van der Waals surface area contributed by atoms with E-state index in [1.165, 1.54) is 17.3 Å². The number of benzene rings is 3. The van der Waals surface area contributed by atoms with Crippen LogP contribution < -0.4 is 9.64 Å². The van der Waals surface area contributed by atoms with E-state index in [1.54, 1.807) is 12.0 Å². The smallest absolute Gasteiger partial charge is 0.268 e. The lowest BCUT2D eigenvalue weighted by atomic mass is 10.0. The molecule has 33 heavy (non-hydrogen) atoms. The van der Waals surface area contributed by atoms with Crippen LogP contribution in [-0.4, -0.2) is 36.1 Å². The van der Waals surface area contributed by atoms with E-state index in [9.17, 15) is 9.59 Å². The third kappa shape index (κ3) is 3.40. The molecule has 1 atom stereocenters. The van der Waals surface area contributed by atoms with Crippen LogP contribution in [0.5, 0.6) is 5.75 Å². The Morgan fingerprint density at radius 2 is 1.82 bits per heavy atom. The Labute approximate surface area is 198 Å². The molecule has 0 aromatic heterocycles. The summed E-state index contributed by atoms with van der Waals surface area (Å²) in [7, 11) is 1.62. The third-order valence-corrected chi connectivity index (χ3v) is 7.90. The summed E-state index contributed by atoms with van der Waals surface area (Å²) in [5.74, 6) is 1.18. The van der Waals surface area contributed by atoms with E-state index in [-0.39, 0.29) is 11.8 Å². The zero-order valence-corrected chi connectivity index (χ0v) is 19.8. The molecule has 3 aromatic carbocycles. The number of fused-ring (bicyclic) bond motifs is 2. The normalized spacial score (nSPS) is 19.3. The third-order valence-electron chi connectivity index (χ3n) is 6.48. The van der Waals surface area contributed by atoms with Gasteiger partial charge in [0.25, 0.3) is 11.8 Å². The molecule has 2 amide bonds. The van der Waals surface area contributed by atoms with Crippen molar-refractivity contribution in [3.05, 3.63) is 94.5 Å². The van der Waals surface area contributed by atoms with Crippen LogP contribution in [0.4, 0.5) is 5.69 Å². The van der Waals surface area contributed by atoms with Crippen molar-refractivity contribution in [2.45, 2.75) is 25.3 Å². The van der Waals surface area contributed by atoms with E-state index >= 15 is 0 Å². The number of amides is 2. The predicted molar refractivity (Wildman–Crippen MR) is 132 cm³/mol. The van der Waals surface area contributed by atoms with Crippen LogP contribution in [0, 0.1) is 13.8 Å². The average molecular weight is 459 g/mol. The Bertz CT molecular complexity index is 1240. The van der Waals surface area contributed by atoms with E-state index in [0.717, 1.165) is 22.4 Å². The van der Waals surface area contributed by atoms with Crippen LogP contribution in [0.25, 0.3) is 0 Å².